The van der Waals surface area contributed by atoms with E-state index in [0.29, 0.717) is 30.6 Å². The van der Waals surface area contributed by atoms with Gasteiger partial charge >= 0.3 is 0 Å². The molecule has 6 heteroatoms. The van der Waals surface area contributed by atoms with E-state index in [2.05, 4.69) is 16.0 Å². The van der Waals surface area contributed by atoms with Gasteiger partial charge in [0.25, 0.3) is 5.91 Å². The van der Waals surface area contributed by atoms with Gasteiger partial charge in [-0.1, -0.05) is 38.1 Å². The number of rotatable bonds is 5. The summed E-state index contributed by atoms with van der Waals surface area (Å²) < 4.78 is 14.8. The predicted molar refractivity (Wildman–Crippen MR) is 108 cm³/mol. The molecule has 148 valence electrons. The Bertz CT molecular complexity index is 895. The molecule has 1 aliphatic rings. The van der Waals surface area contributed by atoms with Gasteiger partial charge in [0.05, 0.1) is 5.69 Å². The number of amides is 2. The van der Waals surface area contributed by atoms with Crippen LogP contribution in [0.15, 0.2) is 36.4 Å². The van der Waals surface area contributed by atoms with E-state index in [0.717, 1.165) is 11.1 Å². The number of aryl methyl sites for hydroxylation is 1. The van der Waals surface area contributed by atoms with Crippen molar-refractivity contribution in [1.82, 2.24) is 10.6 Å². The monoisotopic (exact) mass is 383 g/mol. The van der Waals surface area contributed by atoms with Gasteiger partial charge < -0.3 is 16.0 Å². The van der Waals surface area contributed by atoms with Gasteiger partial charge in [0.1, 0.15) is 11.9 Å². The number of halogens is 1. The lowest BCUT2D eigenvalue weighted by molar-refractivity contribution is -0.118. The van der Waals surface area contributed by atoms with Crippen molar-refractivity contribution < 1.29 is 14.0 Å². The molecule has 5 nitrogen and oxygen atoms in total. The molecule has 3 N–H and O–H groups in total. The molecule has 0 saturated carbocycles. The van der Waals surface area contributed by atoms with Crippen LogP contribution in [0.1, 0.15) is 40.9 Å². The van der Waals surface area contributed by atoms with Crippen LogP contribution in [0.4, 0.5) is 10.1 Å². The number of hydrogen-bond acceptors (Lipinski definition) is 3. The molecule has 0 bridgehead atoms. The molecule has 1 heterocycles. The summed E-state index contributed by atoms with van der Waals surface area (Å²) in [6.07, 6.45) is 0.586. The van der Waals surface area contributed by atoms with Crippen LogP contribution >= 0.6 is 0 Å². The first-order valence-electron chi connectivity index (χ1n) is 9.56. The minimum Gasteiger partial charge on any atom is -0.340 e. The Kier molecular flexibility index (Phi) is 6.09. The Balaban J connectivity index is 1.77. The molecule has 2 aromatic carbocycles. The van der Waals surface area contributed by atoms with Crippen LogP contribution < -0.4 is 16.0 Å². The first kappa shape index (κ1) is 20.0. The molecule has 0 spiro atoms. The van der Waals surface area contributed by atoms with Crippen LogP contribution in [0, 0.1) is 18.7 Å². The van der Waals surface area contributed by atoms with Gasteiger partial charge in [-0.05, 0) is 54.6 Å². The molecule has 2 aromatic rings. The van der Waals surface area contributed by atoms with Gasteiger partial charge in [-0.15, -0.1) is 0 Å². The topological polar surface area (TPSA) is 70.2 Å². The van der Waals surface area contributed by atoms with Gasteiger partial charge in [-0.2, -0.15) is 0 Å². The van der Waals surface area contributed by atoms with Gasteiger partial charge in [-0.25, -0.2) is 4.39 Å². The highest BCUT2D eigenvalue weighted by Gasteiger charge is 2.27. The third-order valence-corrected chi connectivity index (χ3v) is 5.09. The van der Waals surface area contributed by atoms with E-state index in [9.17, 15) is 14.0 Å². The first-order valence-corrected chi connectivity index (χ1v) is 9.56. The van der Waals surface area contributed by atoms with Crippen molar-refractivity contribution >= 4 is 17.5 Å². The zero-order chi connectivity index (χ0) is 20.3. The highest BCUT2D eigenvalue weighted by Crippen LogP contribution is 2.25. The van der Waals surface area contributed by atoms with Crippen LogP contribution in [-0.4, -0.2) is 24.4 Å². The molecule has 3 rings (SSSR count). The molecule has 0 fully saturated rings. The SMILES string of the molecule is Cc1ccccc1C(=O)NC(C(=O)Nc1ccc2c(c1F)CCNC2)C(C)C. The number of carbonyl (C=O) groups is 2. The Morgan fingerprint density at radius 2 is 1.89 bits per heavy atom. The average molecular weight is 383 g/mol. The Morgan fingerprint density at radius 1 is 1.14 bits per heavy atom. The van der Waals surface area contributed by atoms with Gasteiger partial charge in [0, 0.05) is 12.1 Å². The average Bonchev–Trinajstić information content (AvgIpc) is 2.68. The number of benzene rings is 2. The Morgan fingerprint density at radius 3 is 2.61 bits per heavy atom. The van der Waals surface area contributed by atoms with Crippen LogP contribution in [0.5, 0.6) is 0 Å². The molecule has 0 radical (unpaired) electrons. The molecule has 0 aromatic heterocycles. The quantitative estimate of drug-likeness (QED) is 0.743. The number of carbonyl (C=O) groups excluding carboxylic acids is 2. The highest BCUT2D eigenvalue weighted by molar-refractivity contribution is 6.02. The smallest absolute Gasteiger partial charge is 0.252 e. The summed E-state index contributed by atoms with van der Waals surface area (Å²) in [5, 5.41) is 8.66. The van der Waals surface area contributed by atoms with Crippen molar-refractivity contribution in [2.24, 2.45) is 5.92 Å². The molecule has 2 amide bonds. The minimum atomic E-state index is -0.774. The van der Waals surface area contributed by atoms with Crippen LogP contribution in [-0.2, 0) is 17.8 Å². The van der Waals surface area contributed by atoms with Gasteiger partial charge in [-0.3, -0.25) is 9.59 Å². The summed E-state index contributed by atoms with van der Waals surface area (Å²) in [6, 6.07) is 9.84. The van der Waals surface area contributed by atoms with Crippen molar-refractivity contribution in [3.05, 3.63) is 64.5 Å². The summed E-state index contributed by atoms with van der Waals surface area (Å²) in [5.41, 5.74) is 3.06. The number of nitrogens with one attached hydrogen (secondary N) is 3. The van der Waals surface area contributed by atoms with Crippen LogP contribution in [0.3, 0.4) is 0 Å². The van der Waals surface area contributed by atoms with Crippen LogP contribution in [0.25, 0.3) is 0 Å². The van der Waals surface area contributed by atoms with Gasteiger partial charge in [0.15, 0.2) is 0 Å². The lowest BCUT2D eigenvalue weighted by Crippen LogP contribution is -2.47. The van der Waals surface area contributed by atoms with Crippen molar-refractivity contribution in [2.45, 2.75) is 39.8 Å². The highest BCUT2D eigenvalue weighted by atomic mass is 19.1. The third-order valence-electron chi connectivity index (χ3n) is 5.09. The molecular weight excluding hydrogens is 357 g/mol. The summed E-state index contributed by atoms with van der Waals surface area (Å²) in [6.45, 7) is 6.87. The molecule has 28 heavy (non-hydrogen) atoms. The summed E-state index contributed by atoms with van der Waals surface area (Å²) in [4.78, 5) is 25.4. The number of fused-ring (bicyclic) bond motifs is 1. The van der Waals surface area contributed by atoms with Crippen molar-refractivity contribution in [3.63, 3.8) is 0 Å². The van der Waals surface area contributed by atoms with E-state index < -0.39 is 11.9 Å². The standard InChI is InChI=1S/C22H26FN3O2/c1-13(2)20(26-21(27)16-7-5-4-6-14(16)3)22(28)25-18-9-8-15-12-24-11-10-17(15)19(18)23/h4-9,13,20,24H,10-12H2,1-3H3,(H,25,28)(H,26,27). The number of hydrogen-bond donors (Lipinski definition) is 3. The maximum atomic E-state index is 14.8. The second-order valence-electron chi connectivity index (χ2n) is 7.49. The molecule has 1 atom stereocenters. The maximum absolute atomic E-state index is 14.8. The van der Waals surface area contributed by atoms with E-state index in [4.69, 9.17) is 0 Å². The summed E-state index contributed by atoms with van der Waals surface area (Å²) in [7, 11) is 0. The second kappa shape index (κ2) is 8.52. The lowest BCUT2D eigenvalue weighted by atomic mass is 9.98. The first-order chi connectivity index (χ1) is 13.4. The lowest BCUT2D eigenvalue weighted by Gasteiger charge is -2.24. The summed E-state index contributed by atoms with van der Waals surface area (Å²) in [5.74, 6) is -1.29. The molecule has 0 saturated heterocycles. The summed E-state index contributed by atoms with van der Waals surface area (Å²) >= 11 is 0. The molecule has 1 aliphatic heterocycles. The number of anilines is 1. The minimum absolute atomic E-state index is 0.154. The second-order valence-corrected chi connectivity index (χ2v) is 7.49. The molecule has 0 aliphatic carbocycles. The van der Waals surface area contributed by atoms with Crippen LogP contribution in [0.2, 0.25) is 0 Å². The Labute approximate surface area is 164 Å². The van der Waals surface area contributed by atoms with E-state index >= 15 is 0 Å². The maximum Gasteiger partial charge on any atom is 0.252 e. The fraction of sp³-hybridized carbons (Fsp3) is 0.364. The zero-order valence-electron chi connectivity index (χ0n) is 16.4. The normalized spacial score (nSPS) is 14.3. The predicted octanol–water partition coefficient (Wildman–Crippen LogP) is 3.17. The zero-order valence-corrected chi connectivity index (χ0v) is 16.4. The van der Waals surface area contributed by atoms with E-state index in [1.807, 2.05) is 39.0 Å². The largest absolute Gasteiger partial charge is 0.340 e. The van der Waals surface area contributed by atoms with Crippen molar-refractivity contribution in [2.75, 3.05) is 11.9 Å². The van der Waals surface area contributed by atoms with Crippen molar-refractivity contribution in [3.8, 4) is 0 Å². The van der Waals surface area contributed by atoms with E-state index in [1.54, 1.807) is 18.2 Å². The van der Waals surface area contributed by atoms with E-state index in [-0.39, 0.29) is 23.3 Å². The third kappa shape index (κ3) is 4.22. The van der Waals surface area contributed by atoms with Gasteiger partial charge in [0.2, 0.25) is 5.91 Å². The Hall–Kier alpha value is -2.73. The van der Waals surface area contributed by atoms with E-state index in [1.165, 1.54) is 0 Å². The van der Waals surface area contributed by atoms with Crippen molar-refractivity contribution in [1.29, 1.82) is 0 Å². The fourth-order valence-corrected chi connectivity index (χ4v) is 3.42. The molecular formula is C22H26FN3O2. The fourth-order valence-electron chi connectivity index (χ4n) is 3.42. The molecule has 1 unspecified atom stereocenters.